The maximum atomic E-state index is 11.3. The molecule has 6 aromatic rings. The van der Waals surface area contributed by atoms with Crippen molar-refractivity contribution in [3.63, 3.8) is 0 Å². The number of benzene rings is 4. The van der Waals surface area contributed by atoms with Crippen molar-refractivity contribution in [2.45, 2.75) is 59.5 Å². The van der Waals surface area contributed by atoms with E-state index in [0.717, 1.165) is 45.7 Å². The molecular weight excluding hydrogens is 668 g/mol. The number of aromatic nitrogens is 2. The molecule has 0 aliphatic rings. The molecule has 0 amide bonds. The highest BCUT2D eigenvalue weighted by Crippen LogP contribution is 2.35. The van der Waals surface area contributed by atoms with Gasteiger partial charge in [0.2, 0.25) is 0 Å². The van der Waals surface area contributed by atoms with Crippen molar-refractivity contribution < 1.29 is 50.1 Å². The van der Waals surface area contributed by atoms with E-state index < -0.39 is 17.9 Å². The second kappa shape index (κ2) is 17.0. The van der Waals surface area contributed by atoms with Crippen LogP contribution in [0, 0.1) is 0 Å². The Hall–Kier alpha value is -6.43. The fourth-order valence-corrected chi connectivity index (χ4v) is 6.49. The maximum Gasteiger partial charge on any atom is 0.307 e. The first-order valence-corrected chi connectivity index (χ1v) is 16.6. The van der Waals surface area contributed by atoms with Gasteiger partial charge in [-0.1, -0.05) is 56.3 Å². The minimum atomic E-state index is -0.908. The molecule has 0 radical (unpaired) electrons. The van der Waals surface area contributed by atoms with Crippen LogP contribution in [0.2, 0.25) is 0 Å². The number of rotatable bonds is 10. The molecule has 272 valence electrons. The summed E-state index contributed by atoms with van der Waals surface area (Å²) in [6.45, 7) is 5.92. The van der Waals surface area contributed by atoms with Gasteiger partial charge < -0.3 is 44.9 Å². The van der Waals surface area contributed by atoms with E-state index in [2.05, 4.69) is 4.57 Å². The van der Waals surface area contributed by atoms with E-state index in [1.165, 1.54) is 0 Å². The van der Waals surface area contributed by atoms with Gasteiger partial charge in [0, 0.05) is 46.7 Å². The van der Waals surface area contributed by atoms with Gasteiger partial charge in [-0.25, -0.2) is 0 Å². The smallest absolute Gasteiger partial charge is 0.307 e. The zero-order valence-electron chi connectivity index (χ0n) is 29.1. The molecule has 0 aliphatic carbocycles. The van der Waals surface area contributed by atoms with Gasteiger partial charge >= 0.3 is 11.9 Å². The molecule has 0 saturated heterocycles. The lowest BCUT2D eigenvalue weighted by Gasteiger charge is -2.12. The lowest BCUT2D eigenvalue weighted by molar-refractivity contribution is -0.137. The first-order chi connectivity index (χ1) is 24.7. The molecule has 0 atom stereocenters. The third-order valence-corrected chi connectivity index (χ3v) is 8.45. The first-order valence-electron chi connectivity index (χ1n) is 16.6. The first kappa shape index (κ1) is 38.4. The molecule has 0 fully saturated rings. The van der Waals surface area contributed by atoms with Gasteiger partial charge in [0.05, 0.1) is 24.9 Å². The Balaban J connectivity index is 0.000000211. The van der Waals surface area contributed by atoms with Crippen molar-refractivity contribution >= 4 is 39.7 Å². The summed E-state index contributed by atoms with van der Waals surface area (Å²) in [5, 5.41) is 67.3. The third kappa shape index (κ3) is 9.02. The Labute approximate surface area is 299 Å². The van der Waals surface area contributed by atoms with Crippen LogP contribution in [-0.4, -0.2) is 62.8 Å². The minimum absolute atomic E-state index is 0.0871. The van der Waals surface area contributed by atoms with Crippen molar-refractivity contribution in [3.8, 4) is 23.0 Å². The molecule has 0 unspecified atom stereocenters. The summed E-state index contributed by atoms with van der Waals surface area (Å²) in [7, 11) is 0. The van der Waals surface area contributed by atoms with Gasteiger partial charge in [-0.2, -0.15) is 0 Å². The summed E-state index contributed by atoms with van der Waals surface area (Å²) in [6.07, 6.45) is 1.12. The van der Waals surface area contributed by atoms with E-state index in [0.29, 0.717) is 42.6 Å². The molecule has 12 heteroatoms. The zero-order chi connectivity index (χ0) is 38.1. The Morgan fingerprint density at radius 3 is 1.75 bits per heavy atom. The molecule has 12 nitrogen and oxygen atoms in total. The highest BCUT2D eigenvalue weighted by Gasteiger charge is 2.21. The summed E-state index contributed by atoms with van der Waals surface area (Å²) < 4.78 is 3.96. The molecule has 6 rings (SSSR count). The van der Waals surface area contributed by atoms with Gasteiger partial charge in [-0.05, 0) is 72.0 Å². The Morgan fingerprint density at radius 1 is 0.596 bits per heavy atom. The van der Waals surface area contributed by atoms with E-state index in [-0.39, 0.29) is 35.8 Å². The second-order valence-corrected chi connectivity index (χ2v) is 12.1. The fourth-order valence-electron chi connectivity index (χ4n) is 6.49. The largest absolute Gasteiger partial charge is 0.508 e. The summed E-state index contributed by atoms with van der Waals surface area (Å²) in [6, 6.07) is 24.2. The second-order valence-electron chi connectivity index (χ2n) is 12.1. The standard InChI is InChI=1S/2C19H19NO4.C2H4O2/c1-2-15-14(10-18(23)24)13-7-5-9-17(22)19(13)20(15)11-12-6-3-4-8-16(12)21;1-2-17-16(10-19(23)24)15-9-14(22)6-7-18(15)20(17)11-12-4-3-5-13(21)8-12;1-2(3)4/h2*3-9,21-22H,2,10-11H2,1H3,(H,23,24);1H3,(H,3,4). The number of phenolic OH excluding ortho intramolecular Hbond substituents is 4. The van der Waals surface area contributed by atoms with E-state index >= 15 is 0 Å². The van der Waals surface area contributed by atoms with Crippen molar-refractivity contribution in [2.24, 2.45) is 0 Å². The average molecular weight is 711 g/mol. The van der Waals surface area contributed by atoms with E-state index in [9.17, 15) is 40.2 Å². The van der Waals surface area contributed by atoms with Crippen LogP contribution in [0.1, 0.15) is 54.4 Å². The third-order valence-electron chi connectivity index (χ3n) is 8.45. The molecule has 4 aromatic carbocycles. The zero-order valence-corrected chi connectivity index (χ0v) is 29.1. The quantitative estimate of drug-likeness (QED) is 0.0805. The van der Waals surface area contributed by atoms with Gasteiger partial charge in [0.15, 0.2) is 0 Å². The summed E-state index contributed by atoms with van der Waals surface area (Å²) >= 11 is 0. The van der Waals surface area contributed by atoms with Crippen LogP contribution in [0.25, 0.3) is 21.8 Å². The molecule has 0 aliphatic heterocycles. The van der Waals surface area contributed by atoms with Crippen molar-refractivity contribution in [2.75, 3.05) is 0 Å². The average Bonchev–Trinajstić information content (AvgIpc) is 3.52. The van der Waals surface area contributed by atoms with E-state index in [1.807, 2.05) is 42.7 Å². The molecule has 0 spiro atoms. The number of carboxylic acids is 3. The van der Waals surface area contributed by atoms with Crippen LogP contribution in [0.15, 0.2) is 84.9 Å². The van der Waals surface area contributed by atoms with E-state index in [4.69, 9.17) is 9.90 Å². The van der Waals surface area contributed by atoms with Crippen LogP contribution in [-0.2, 0) is 53.2 Å². The predicted molar refractivity (Wildman–Crippen MR) is 196 cm³/mol. The number of para-hydroxylation sites is 2. The van der Waals surface area contributed by atoms with Crippen LogP contribution >= 0.6 is 0 Å². The Kier molecular flexibility index (Phi) is 12.5. The molecule has 7 N–H and O–H groups in total. The van der Waals surface area contributed by atoms with Crippen LogP contribution in [0.4, 0.5) is 0 Å². The lowest BCUT2D eigenvalue weighted by atomic mass is 10.1. The minimum Gasteiger partial charge on any atom is -0.508 e. The number of carbonyl (C=O) groups is 3. The maximum absolute atomic E-state index is 11.3. The SMILES string of the molecule is CC(=O)O.CCc1c(CC(=O)O)c2cc(O)ccc2n1Cc1cccc(O)c1.CCc1c(CC(=O)O)c2cccc(O)c2n1Cc1ccccc1O. The van der Waals surface area contributed by atoms with Crippen LogP contribution in [0.3, 0.4) is 0 Å². The number of nitrogens with zero attached hydrogens (tertiary/aromatic N) is 2. The summed E-state index contributed by atoms with van der Waals surface area (Å²) in [5.41, 5.74) is 6.37. The molecule has 0 saturated carbocycles. The monoisotopic (exact) mass is 710 g/mol. The van der Waals surface area contributed by atoms with E-state index in [1.54, 1.807) is 60.7 Å². The number of phenols is 4. The summed E-state index contributed by atoms with van der Waals surface area (Å²) in [4.78, 5) is 31.5. The molecule has 2 heterocycles. The number of aliphatic carboxylic acids is 3. The molecule has 0 bridgehead atoms. The van der Waals surface area contributed by atoms with Crippen LogP contribution in [0.5, 0.6) is 23.0 Å². The molecular formula is C40H42N2O10. The number of fused-ring (bicyclic) bond motifs is 2. The lowest BCUT2D eigenvalue weighted by Crippen LogP contribution is -2.07. The predicted octanol–water partition coefficient (Wildman–Crippen LogP) is 6.67. The number of carboxylic acid groups (broad SMARTS) is 3. The molecule has 52 heavy (non-hydrogen) atoms. The topological polar surface area (TPSA) is 203 Å². The van der Waals surface area contributed by atoms with Crippen molar-refractivity contribution in [1.82, 2.24) is 9.13 Å². The Morgan fingerprint density at radius 2 is 1.15 bits per heavy atom. The fraction of sp³-hybridized carbons (Fsp3) is 0.225. The van der Waals surface area contributed by atoms with Gasteiger partial charge in [-0.15, -0.1) is 0 Å². The summed E-state index contributed by atoms with van der Waals surface area (Å²) in [5.74, 6) is -2.04. The number of hydrogen-bond donors (Lipinski definition) is 7. The molecule has 2 aromatic heterocycles. The Bertz CT molecular complexity index is 2230. The highest BCUT2D eigenvalue weighted by atomic mass is 16.4. The van der Waals surface area contributed by atoms with Gasteiger partial charge in [-0.3, -0.25) is 14.4 Å². The highest BCUT2D eigenvalue weighted by molar-refractivity contribution is 5.93. The van der Waals surface area contributed by atoms with Crippen molar-refractivity contribution in [1.29, 1.82) is 0 Å². The van der Waals surface area contributed by atoms with Gasteiger partial charge in [0.25, 0.3) is 5.97 Å². The normalized spacial score (nSPS) is 10.7. The number of aromatic hydroxyl groups is 4. The number of hydrogen-bond acceptors (Lipinski definition) is 7. The van der Waals surface area contributed by atoms with Crippen LogP contribution < -0.4 is 0 Å². The van der Waals surface area contributed by atoms with Gasteiger partial charge in [0.1, 0.15) is 23.0 Å². The van der Waals surface area contributed by atoms with Crippen molar-refractivity contribution in [3.05, 3.63) is 119 Å².